The van der Waals surface area contributed by atoms with Gasteiger partial charge >= 0.3 is 5.97 Å². The van der Waals surface area contributed by atoms with Crippen molar-refractivity contribution in [3.63, 3.8) is 0 Å². The molecule has 6 nitrogen and oxygen atoms in total. The first-order valence-electron chi connectivity index (χ1n) is 12.6. The van der Waals surface area contributed by atoms with Crippen LogP contribution < -0.4 is 5.32 Å². The molecule has 0 atom stereocenters. The van der Waals surface area contributed by atoms with Crippen LogP contribution in [0, 0.1) is 0 Å². The van der Waals surface area contributed by atoms with Crippen molar-refractivity contribution in [2.24, 2.45) is 0 Å². The van der Waals surface area contributed by atoms with Gasteiger partial charge in [-0.25, -0.2) is 4.79 Å². The van der Waals surface area contributed by atoms with Crippen LogP contribution in [0.2, 0.25) is 0 Å². The van der Waals surface area contributed by atoms with E-state index in [2.05, 4.69) is 29.6 Å². The van der Waals surface area contributed by atoms with E-state index >= 15 is 0 Å². The molecule has 1 N–H and O–H groups in total. The Balaban J connectivity index is 1.41. The zero-order valence-corrected chi connectivity index (χ0v) is 20.9. The summed E-state index contributed by atoms with van der Waals surface area (Å²) in [6.07, 6.45) is 4.85. The van der Waals surface area contributed by atoms with Gasteiger partial charge in [0.15, 0.2) is 0 Å². The molecule has 0 saturated carbocycles. The van der Waals surface area contributed by atoms with Crippen molar-refractivity contribution in [1.82, 2.24) is 10.2 Å². The predicted molar refractivity (Wildman–Crippen MR) is 143 cm³/mol. The predicted octanol–water partition coefficient (Wildman–Crippen LogP) is 4.32. The largest absolute Gasteiger partial charge is 0.458 e. The fourth-order valence-corrected chi connectivity index (χ4v) is 4.27. The smallest absolute Gasteiger partial charge is 0.331 e. The molecule has 1 aliphatic rings. The standard InChI is InChI=1S/C31H32N2O4/c34-29-15-17-33(18-16-29)30(35)22-32-21-28-20-26(19-24-7-3-1-4-8-24)11-12-27(28)13-14-31(36)37-23-25-9-5-2-6-10-25/h1-14,20,32H,15-19,21-23H2/b14-13+. The molecule has 0 bridgehead atoms. The van der Waals surface area contributed by atoms with Crippen LogP contribution in [0.1, 0.15) is 40.7 Å². The lowest BCUT2D eigenvalue weighted by Gasteiger charge is -2.26. The summed E-state index contributed by atoms with van der Waals surface area (Å²) in [6.45, 7) is 1.87. The molecule has 37 heavy (non-hydrogen) atoms. The Kier molecular flexibility index (Phi) is 9.38. The Hall–Kier alpha value is -4.03. The number of Topliss-reactive ketones (excluding diaryl/α,β-unsaturated/α-hetero) is 1. The monoisotopic (exact) mass is 496 g/mol. The average molecular weight is 497 g/mol. The van der Waals surface area contributed by atoms with Gasteiger partial charge in [-0.3, -0.25) is 9.59 Å². The van der Waals surface area contributed by atoms with Crippen LogP contribution in [-0.2, 0) is 38.7 Å². The first kappa shape index (κ1) is 26.0. The van der Waals surface area contributed by atoms with E-state index in [1.54, 1.807) is 11.0 Å². The fourth-order valence-electron chi connectivity index (χ4n) is 4.27. The molecule has 3 aromatic rings. The quantitative estimate of drug-likeness (QED) is 0.334. The fraction of sp³-hybridized carbons (Fsp3) is 0.258. The number of benzene rings is 3. The van der Waals surface area contributed by atoms with Crippen LogP contribution >= 0.6 is 0 Å². The lowest BCUT2D eigenvalue weighted by atomic mass is 9.98. The van der Waals surface area contributed by atoms with E-state index in [4.69, 9.17) is 4.74 Å². The van der Waals surface area contributed by atoms with Gasteiger partial charge in [-0.05, 0) is 40.3 Å². The van der Waals surface area contributed by atoms with E-state index in [-0.39, 0.29) is 24.8 Å². The Bertz CT molecular complexity index is 1230. The number of likely N-dealkylation sites (tertiary alicyclic amines) is 1. The van der Waals surface area contributed by atoms with E-state index in [1.165, 1.54) is 11.6 Å². The average Bonchev–Trinajstić information content (AvgIpc) is 2.93. The number of amides is 1. The molecule has 1 amide bonds. The number of nitrogens with zero attached hydrogens (tertiary/aromatic N) is 1. The van der Waals surface area contributed by atoms with Crippen LogP contribution in [0.25, 0.3) is 6.08 Å². The summed E-state index contributed by atoms with van der Waals surface area (Å²) in [5.74, 6) is -0.202. The molecule has 1 heterocycles. The first-order valence-corrected chi connectivity index (χ1v) is 12.6. The third kappa shape index (κ3) is 8.26. The summed E-state index contributed by atoms with van der Waals surface area (Å²) in [6, 6.07) is 26.0. The van der Waals surface area contributed by atoms with Crippen molar-refractivity contribution >= 4 is 23.7 Å². The van der Waals surface area contributed by atoms with Crippen LogP contribution in [0.15, 0.2) is 84.9 Å². The molecule has 0 radical (unpaired) electrons. The highest BCUT2D eigenvalue weighted by Crippen LogP contribution is 2.18. The topological polar surface area (TPSA) is 75.7 Å². The SMILES string of the molecule is O=C1CCN(C(=O)CNCc2cc(Cc3ccccc3)ccc2/C=C/C(=O)OCc2ccccc2)CC1. The second-order valence-corrected chi connectivity index (χ2v) is 9.15. The lowest BCUT2D eigenvalue weighted by molar-refractivity contribution is -0.139. The molecule has 4 rings (SSSR count). The van der Waals surface area contributed by atoms with Gasteiger partial charge in [-0.1, -0.05) is 78.9 Å². The third-order valence-electron chi connectivity index (χ3n) is 6.35. The van der Waals surface area contributed by atoms with Crippen LogP contribution in [0.4, 0.5) is 0 Å². The van der Waals surface area contributed by atoms with Crippen molar-refractivity contribution in [1.29, 1.82) is 0 Å². The summed E-state index contributed by atoms with van der Waals surface area (Å²) in [4.78, 5) is 38.1. The molecule has 1 fully saturated rings. The van der Waals surface area contributed by atoms with Gasteiger partial charge in [0.2, 0.25) is 5.91 Å². The summed E-state index contributed by atoms with van der Waals surface area (Å²) < 4.78 is 5.36. The molecule has 1 saturated heterocycles. The number of carbonyl (C=O) groups is 3. The normalized spacial score (nSPS) is 13.6. The molecular weight excluding hydrogens is 464 g/mol. The van der Waals surface area contributed by atoms with Gasteiger partial charge in [0.1, 0.15) is 12.4 Å². The van der Waals surface area contributed by atoms with Crippen LogP contribution in [-0.4, -0.2) is 42.2 Å². The zero-order valence-electron chi connectivity index (χ0n) is 20.9. The minimum absolute atomic E-state index is 0.00507. The van der Waals surface area contributed by atoms with Crippen LogP contribution in [0.5, 0.6) is 0 Å². The van der Waals surface area contributed by atoms with E-state index in [9.17, 15) is 14.4 Å². The van der Waals surface area contributed by atoms with Crippen molar-refractivity contribution in [3.05, 3.63) is 113 Å². The third-order valence-corrected chi connectivity index (χ3v) is 6.35. The van der Waals surface area contributed by atoms with Gasteiger partial charge in [0, 0.05) is 38.6 Å². The molecule has 0 aliphatic carbocycles. The van der Waals surface area contributed by atoms with Gasteiger partial charge in [-0.15, -0.1) is 0 Å². The lowest BCUT2D eigenvalue weighted by Crippen LogP contribution is -2.43. The highest BCUT2D eigenvalue weighted by Gasteiger charge is 2.20. The highest BCUT2D eigenvalue weighted by atomic mass is 16.5. The number of ether oxygens (including phenoxy) is 1. The molecule has 1 aliphatic heterocycles. The maximum absolute atomic E-state index is 12.6. The molecule has 0 aromatic heterocycles. The zero-order chi connectivity index (χ0) is 25.9. The van der Waals surface area contributed by atoms with Gasteiger partial charge in [0.05, 0.1) is 6.54 Å². The minimum Gasteiger partial charge on any atom is -0.458 e. The first-order chi connectivity index (χ1) is 18.1. The summed E-state index contributed by atoms with van der Waals surface area (Å²) in [7, 11) is 0. The Labute approximate surface area is 218 Å². The second kappa shape index (κ2) is 13.3. The minimum atomic E-state index is -0.411. The summed E-state index contributed by atoms with van der Waals surface area (Å²) in [5, 5.41) is 3.25. The maximum atomic E-state index is 12.6. The molecule has 0 unspecified atom stereocenters. The second-order valence-electron chi connectivity index (χ2n) is 9.15. The number of ketones is 1. The van der Waals surface area contributed by atoms with Gasteiger partial charge in [-0.2, -0.15) is 0 Å². The van der Waals surface area contributed by atoms with Gasteiger partial charge in [0.25, 0.3) is 0 Å². The van der Waals surface area contributed by atoms with Crippen LogP contribution in [0.3, 0.4) is 0 Å². The summed E-state index contributed by atoms with van der Waals surface area (Å²) in [5.41, 5.74) is 5.16. The number of nitrogens with one attached hydrogen (secondary N) is 1. The van der Waals surface area contributed by atoms with E-state index < -0.39 is 5.97 Å². The van der Waals surface area contributed by atoms with E-state index in [0.717, 1.165) is 28.7 Å². The Morgan fingerprint density at radius 2 is 1.54 bits per heavy atom. The van der Waals surface area contributed by atoms with Gasteiger partial charge < -0.3 is 15.0 Å². The van der Waals surface area contributed by atoms with E-state index in [1.807, 2.05) is 54.6 Å². The molecule has 0 spiro atoms. The Morgan fingerprint density at radius 1 is 0.865 bits per heavy atom. The number of hydrogen-bond acceptors (Lipinski definition) is 5. The van der Waals surface area contributed by atoms with Crippen molar-refractivity contribution in [2.45, 2.75) is 32.4 Å². The maximum Gasteiger partial charge on any atom is 0.331 e. The summed E-state index contributed by atoms with van der Waals surface area (Å²) >= 11 is 0. The number of piperidine rings is 1. The van der Waals surface area contributed by atoms with Crippen molar-refractivity contribution in [3.8, 4) is 0 Å². The number of rotatable bonds is 10. The Morgan fingerprint density at radius 3 is 2.24 bits per heavy atom. The highest BCUT2D eigenvalue weighted by molar-refractivity contribution is 5.87. The van der Waals surface area contributed by atoms with Crippen molar-refractivity contribution in [2.75, 3.05) is 19.6 Å². The molecule has 190 valence electrons. The van der Waals surface area contributed by atoms with Crippen molar-refractivity contribution < 1.29 is 19.1 Å². The van der Waals surface area contributed by atoms with E-state index in [0.29, 0.717) is 32.5 Å². The molecule has 6 heteroatoms. The number of carbonyl (C=O) groups excluding carboxylic acids is 3. The molecular formula is C31H32N2O4. The molecule has 3 aromatic carbocycles. The number of esters is 1. The number of hydrogen-bond donors (Lipinski definition) is 1.